The van der Waals surface area contributed by atoms with Gasteiger partial charge in [0, 0.05) is 25.7 Å². The minimum atomic E-state index is 0.463. The average molecular weight is 282 g/mol. The van der Waals surface area contributed by atoms with Crippen LogP contribution in [0.15, 0.2) is 24.3 Å². The van der Waals surface area contributed by atoms with Crippen molar-refractivity contribution in [3.63, 3.8) is 0 Å². The summed E-state index contributed by atoms with van der Waals surface area (Å²) < 4.78 is 6.23. The number of hydrogen-bond donors (Lipinski definition) is 0. The van der Waals surface area contributed by atoms with Gasteiger partial charge in [-0.3, -0.25) is 4.90 Å². The molecule has 3 nitrogen and oxygen atoms in total. The summed E-state index contributed by atoms with van der Waals surface area (Å²) in [5.41, 5.74) is 2.01. The molecule has 0 radical (unpaired) electrons. The van der Waals surface area contributed by atoms with Crippen LogP contribution in [0, 0.1) is 23.2 Å². The van der Waals surface area contributed by atoms with Gasteiger partial charge in [-0.2, -0.15) is 5.26 Å². The number of fused-ring (bicyclic) bond motifs is 2. The number of benzene rings is 1. The molecule has 0 amide bonds. The highest BCUT2D eigenvalue weighted by Crippen LogP contribution is 2.41. The fraction of sp³-hybridized carbons (Fsp3) is 0.611. The van der Waals surface area contributed by atoms with Crippen LogP contribution in [0.2, 0.25) is 0 Å². The van der Waals surface area contributed by atoms with Gasteiger partial charge >= 0.3 is 0 Å². The summed E-state index contributed by atoms with van der Waals surface area (Å²) in [6.45, 7) is 3.10. The van der Waals surface area contributed by atoms with E-state index in [-0.39, 0.29) is 0 Å². The number of ether oxygens (including phenoxy) is 1. The molecule has 1 aliphatic heterocycles. The van der Waals surface area contributed by atoms with E-state index in [9.17, 15) is 0 Å². The Labute approximate surface area is 126 Å². The predicted molar refractivity (Wildman–Crippen MR) is 80.5 cm³/mol. The van der Waals surface area contributed by atoms with Crippen LogP contribution in [-0.4, -0.2) is 30.2 Å². The monoisotopic (exact) mass is 282 g/mol. The van der Waals surface area contributed by atoms with Gasteiger partial charge in [-0.05, 0) is 55.2 Å². The fourth-order valence-electron chi connectivity index (χ4n) is 3.98. The van der Waals surface area contributed by atoms with E-state index in [1.54, 1.807) is 0 Å². The average Bonchev–Trinajstić information content (AvgIpc) is 3.20. The quantitative estimate of drug-likeness (QED) is 0.833. The van der Waals surface area contributed by atoms with Gasteiger partial charge in [0.2, 0.25) is 0 Å². The first-order valence-corrected chi connectivity index (χ1v) is 8.18. The van der Waals surface area contributed by atoms with Crippen LogP contribution in [0.5, 0.6) is 0 Å². The predicted octanol–water partition coefficient (Wildman–Crippen LogP) is 2.95. The highest BCUT2D eigenvalue weighted by atomic mass is 16.5. The minimum absolute atomic E-state index is 0.463. The summed E-state index contributed by atoms with van der Waals surface area (Å²) in [7, 11) is 0. The van der Waals surface area contributed by atoms with Crippen molar-refractivity contribution in [3.05, 3.63) is 35.4 Å². The van der Waals surface area contributed by atoms with Gasteiger partial charge in [-0.25, -0.2) is 0 Å². The third-order valence-electron chi connectivity index (χ3n) is 5.28. The Balaban J connectivity index is 1.41. The maximum absolute atomic E-state index is 9.01. The molecule has 0 N–H and O–H groups in total. The number of piperidine rings is 1. The van der Waals surface area contributed by atoms with Crippen molar-refractivity contribution in [1.29, 1.82) is 5.26 Å². The van der Waals surface area contributed by atoms with Crippen molar-refractivity contribution in [1.82, 2.24) is 4.90 Å². The fourth-order valence-corrected chi connectivity index (χ4v) is 3.98. The van der Waals surface area contributed by atoms with Crippen LogP contribution < -0.4 is 0 Å². The second-order valence-corrected chi connectivity index (χ2v) is 6.89. The Hall–Kier alpha value is -1.37. The minimum Gasteiger partial charge on any atom is -0.376 e. The van der Waals surface area contributed by atoms with Crippen molar-refractivity contribution < 1.29 is 4.74 Å². The normalized spacial score (nSPS) is 31.5. The highest BCUT2D eigenvalue weighted by molar-refractivity contribution is 5.32. The van der Waals surface area contributed by atoms with Crippen LogP contribution in [0.25, 0.3) is 0 Å². The lowest BCUT2D eigenvalue weighted by molar-refractivity contribution is 0.0207. The molecule has 0 aromatic heterocycles. The Morgan fingerprint density at radius 3 is 2.95 bits per heavy atom. The Morgan fingerprint density at radius 1 is 1.24 bits per heavy atom. The summed E-state index contributed by atoms with van der Waals surface area (Å²) in [6.07, 6.45) is 5.80. The molecule has 3 heteroatoms. The van der Waals surface area contributed by atoms with E-state index < -0.39 is 0 Å². The topological polar surface area (TPSA) is 36.3 Å². The lowest BCUT2D eigenvalue weighted by atomic mass is 10.1. The molecule has 110 valence electrons. The molecular weight excluding hydrogens is 260 g/mol. The van der Waals surface area contributed by atoms with Gasteiger partial charge in [0.25, 0.3) is 0 Å². The van der Waals surface area contributed by atoms with Crippen molar-refractivity contribution in [3.8, 4) is 6.07 Å². The second-order valence-electron chi connectivity index (χ2n) is 6.89. The van der Waals surface area contributed by atoms with E-state index in [1.807, 2.05) is 18.2 Å². The second kappa shape index (κ2) is 5.44. The lowest BCUT2D eigenvalue weighted by Gasteiger charge is -2.27. The Bertz CT molecular complexity index is 561. The summed E-state index contributed by atoms with van der Waals surface area (Å²) in [6, 6.07) is 10.8. The molecule has 3 aliphatic rings. The van der Waals surface area contributed by atoms with E-state index in [0.29, 0.717) is 12.1 Å². The molecule has 2 bridgehead atoms. The molecule has 3 fully saturated rings. The zero-order valence-corrected chi connectivity index (χ0v) is 12.4. The maximum Gasteiger partial charge on any atom is 0.0991 e. The zero-order chi connectivity index (χ0) is 14.2. The van der Waals surface area contributed by atoms with Gasteiger partial charge in [0.05, 0.1) is 17.7 Å². The first-order valence-electron chi connectivity index (χ1n) is 8.18. The molecular formula is C18H22N2O. The van der Waals surface area contributed by atoms with Crippen LogP contribution in [0.3, 0.4) is 0 Å². The zero-order valence-electron chi connectivity index (χ0n) is 12.4. The summed E-state index contributed by atoms with van der Waals surface area (Å²) in [5, 5.41) is 9.01. The van der Waals surface area contributed by atoms with Crippen LogP contribution >= 0.6 is 0 Å². The standard InChI is InChI=1S/C18H22N2O/c19-9-14-2-1-3-15(8-14)10-20-11-16-6-7-17(20)18(16)21-12-13-4-5-13/h1-3,8,13,16-18H,4-7,10-12H2/t16-,17+,18+/m1/s1. The number of likely N-dealkylation sites (tertiary alicyclic amines) is 1. The molecule has 0 spiro atoms. The van der Waals surface area contributed by atoms with Crippen molar-refractivity contribution in [2.75, 3.05) is 13.2 Å². The number of nitrogens with zero attached hydrogens (tertiary/aromatic N) is 2. The SMILES string of the molecule is N#Cc1cccc(CN2C[C@H]3CC[C@H]2[C@H]3OCC2CC2)c1. The smallest absolute Gasteiger partial charge is 0.0991 e. The van der Waals surface area contributed by atoms with E-state index in [4.69, 9.17) is 10.00 Å². The molecule has 1 aromatic carbocycles. The molecule has 2 saturated carbocycles. The molecule has 2 aliphatic carbocycles. The highest BCUT2D eigenvalue weighted by Gasteiger charge is 2.47. The Morgan fingerprint density at radius 2 is 2.14 bits per heavy atom. The van der Waals surface area contributed by atoms with Gasteiger partial charge in [-0.1, -0.05) is 12.1 Å². The number of rotatable bonds is 5. The van der Waals surface area contributed by atoms with Crippen molar-refractivity contribution in [2.45, 2.75) is 44.4 Å². The van der Waals surface area contributed by atoms with Crippen molar-refractivity contribution >= 4 is 0 Å². The molecule has 1 aromatic rings. The molecule has 3 atom stereocenters. The molecule has 1 heterocycles. The molecule has 0 unspecified atom stereocenters. The molecule has 21 heavy (non-hydrogen) atoms. The molecule has 4 rings (SSSR count). The van der Waals surface area contributed by atoms with E-state index in [0.717, 1.165) is 37.1 Å². The van der Waals surface area contributed by atoms with E-state index >= 15 is 0 Å². The third-order valence-corrected chi connectivity index (χ3v) is 5.28. The van der Waals surface area contributed by atoms with Crippen LogP contribution in [0.1, 0.15) is 36.8 Å². The van der Waals surface area contributed by atoms with Gasteiger partial charge in [0.15, 0.2) is 0 Å². The number of nitriles is 1. The van der Waals surface area contributed by atoms with E-state index in [1.165, 1.54) is 31.2 Å². The first-order chi connectivity index (χ1) is 10.3. The van der Waals surface area contributed by atoms with E-state index in [2.05, 4.69) is 17.0 Å². The van der Waals surface area contributed by atoms with Crippen molar-refractivity contribution in [2.24, 2.45) is 11.8 Å². The largest absolute Gasteiger partial charge is 0.376 e. The molecule has 1 saturated heterocycles. The lowest BCUT2D eigenvalue weighted by Crippen LogP contribution is -2.34. The number of hydrogen-bond acceptors (Lipinski definition) is 3. The van der Waals surface area contributed by atoms with Gasteiger partial charge in [-0.15, -0.1) is 0 Å². The maximum atomic E-state index is 9.01. The van der Waals surface area contributed by atoms with Gasteiger partial charge in [0.1, 0.15) is 0 Å². The summed E-state index contributed by atoms with van der Waals surface area (Å²) in [4.78, 5) is 2.57. The summed E-state index contributed by atoms with van der Waals surface area (Å²) >= 11 is 0. The van der Waals surface area contributed by atoms with Gasteiger partial charge < -0.3 is 4.74 Å². The van der Waals surface area contributed by atoms with Crippen LogP contribution in [0.4, 0.5) is 0 Å². The van der Waals surface area contributed by atoms with Crippen LogP contribution in [-0.2, 0) is 11.3 Å². The Kier molecular flexibility index (Phi) is 3.45. The first kappa shape index (κ1) is 13.3. The summed E-state index contributed by atoms with van der Waals surface area (Å²) in [5.74, 6) is 1.58. The third kappa shape index (κ3) is 2.71.